The lowest BCUT2D eigenvalue weighted by Crippen LogP contribution is -2.71. The lowest BCUT2D eigenvalue weighted by Gasteiger charge is -2.48. The minimum Gasteiger partial charge on any atom is -0.340 e. The Morgan fingerprint density at radius 2 is 2.00 bits per heavy atom. The molecule has 118 valence electrons. The maximum atomic E-state index is 13.1. The van der Waals surface area contributed by atoms with Crippen molar-refractivity contribution < 1.29 is 9.59 Å². The van der Waals surface area contributed by atoms with Crippen molar-refractivity contribution in [2.75, 3.05) is 12.3 Å². The molecule has 2 unspecified atom stereocenters. The molecule has 2 atom stereocenters. The van der Waals surface area contributed by atoms with Crippen molar-refractivity contribution in [3.8, 4) is 0 Å². The molecule has 2 heterocycles. The molecular weight excluding hydrogens is 284 g/mol. The Labute approximate surface area is 131 Å². The van der Waals surface area contributed by atoms with Gasteiger partial charge in [-0.2, -0.15) is 11.8 Å². The summed E-state index contributed by atoms with van der Waals surface area (Å²) in [6.45, 7) is 2.77. The van der Waals surface area contributed by atoms with Gasteiger partial charge in [0.2, 0.25) is 11.8 Å². The van der Waals surface area contributed by atoms with E-state index in [0.29, 0.717) is 11.7 Å². The summed E-state index contributed by atoms with van der Waals surface area (Å²) in [7, 11) is 0. The van der Waals surface area contributed by atoms with Gasteiger partial charge in [-0.25, -0.2) is 0 Å². The van der Waals surface area contributed by atoms with Gasteiger partial charge >= 0.3 is 0 Å². The third kappa shape index (κ3) is 2.81. The second-order valence-corrected chi connectivity index (χ2v) is 8.06. The highest BCUT2D eigenvalue weighted by molar-refractivity contribution is 8.00. The normalized spacial score (nSPS) is 32.5. The van der Waals surface area contributed by atoms with E-state index in [4.69, 9.17) is 0 Å². The minimum atomic E-state index is -0.579. The fraction of sp³-hybridized carbons (Fsp3) is 0.875. The van der Waals surface area contributed by atoms with Gasteiger partial charge in [0.15, 0.2) is 0 Å². The van der Waals surface area contributed by atoms with Gasteiger partial charge in [-0.3, -0.25) is 9.59 Å². The monoisotopic (exact) mass is 310 g/mol. The van der Waals surface area contributed by atoms with Crippen molar-refractivity contribution in [1.29, 1.82) is 0 Å². The van der Waals surface area contributed by atoms with Crippen LogP contribution in [-0.4, -0.2) is 45.8 Å². The van der Waals surface area contributed by atoms with E-state index in [0.717, 1.165) is 32.2 Å². The van der Waals surface area contributed by atoms with Gasteiger partial charge in [-0.1, -0.05) is 26.2 Å². The molecule has 4 nitrogen and oxygen atoms in total. The maximum absolute atomic E-state index is 13.1. The van der Waals surface area contributed by atoms with Crippen LogP contribution in [0.3, 0.4) is 0 Å². The highest BCUT2D eigenvalue weighted by Crippen LogP contribution is 2.35. The largest absolute Gasteiger partial charge is 0.340 e. The third-order valence-corrected chi connectivity index (χ3v) is 6.61. The predicted octanol–water partition coefficient (Wildman–Crippen LogP) is 2.32. The van der Waals surface area contributed by atoms with Gasteiger partial charge in [0.1, 0.15) is 11.6 Å². The zero-order valence-corrected chi connectivity index (χ0v) is 13.7. The quantitative estimate of drug-likeness (QED) is 0.870. The highest BCUT2D eigenvalue weighted by atomic mass is 32.2. The molecule has 0 aromatic carbocycles. The molecule has 1 N–H and O–H groups in total. The molecule has 2 saturated heterocycles. The molecule has 3 fully saturated rings. The molecular formula is C16H26N2O2S. The minimum absolute atomic E-state index is 0.0713. The van der Waals surface area contributed by atoms with E-state index < -0.39 is 5.54 Å². The first-order valence-corrected chi connectivity index (χ1v) is 9.46. The van der Waals surface area contributed by atoms with E-state index in [2.05, 4.69) is 5.32 Å². The standard InChI is InChI=1S/C16H26N2O2S/c1-2-13-14(19)17-16(8-4-3-5-9-16)15(20)18(13)11-12-7-6-10-21-12/h12-13H,2-11H2,1H3,(H,17,19). The van der Waals surface area contributed by atoms with Gasteiger partial charge in [0.25, 0.3) is 0 Å². The van der Waals surface area contributed by atoms with E-state index in [1.54, 1.807) is 0 Å². The van der Waals surface area contributed by atoms with Crippen LogP contribution in [0.1, 0.15) is 58.3 Å². The Hall–Kier alpha value is -0.710. The molecule has 3 rings (SSSR count). The topological polar surface area (TPSA) is 49.4 Å². The highest BCUT2D eigenvalue weighted by Gasteiger charge is 2.50. The first-order chi connectivity index (χ1) is 10.2. The number of rotatable bonds is 3. The van der Waals surface area contributed by atoms with Crippen molar-refractivity contribution in [2.24, 2.45) is 0 Å². The predicted molar refractivity (Wildman–Crippen MR) is 85.2 cm³/mol. The first kappa shape index (κ1) is 15.2. The Morgan fingerprint density at radius 3 is 2.62 bits per heavy atom. The van der Waals surface area contributed by atoms with E-state index in [1.807, 2.05) is 23.6 Å². The molecule has 5 heteroatoms. The van der Waals surface area contributed by atoms with Crippen LogP contribution in [0.25, 0.3) is 0 Å². The van der Waals surface area contributed by atoms with Gasteiger partial charge in [0, 0.05) is 11.8 Å². The van der Waals surface area contributed by atoms with Crippen LogP contribution >= 0.6 is 11.8 Å². The molecule has 1 aliphatic carbocycles. The van der Waals surface area contributed by atoms with Crippen molar-refractivity contribution in [2.45, 2.75) is 75.1 Å². The molecule has 3 aliphatic rings. The summed E-state index contributed by atoms with van der Waals surface area (Å²) in [5.41, 5.74) is -0.579. The number of carbonyl (C=O) groups excluding carboxylic acids is 2. The summed E-state index contributed by atoms with van der Waals surface area (Å²) in [6, 6.07) is -0.258. The zero-order chi connectivity index (χ0) is 14.9. The number of thioether (sulfide) groups is 1. The summed E-state index contributed by atoms with van der Waals surface area (Å²) >= 11 is 1.96. The molecule has 2 amide bonds. The Bertz CT molecular complexity index is 415. The molecule has 0 bridgehead atoms. The number of nitrogens with one attached hydrogen (secondary N) is 1. The van der Waals surface area contributed by atoms with Gasteiger partial charge < -0.3 is 10.2 Å². The molecule has 0 aromatic rings. The Morgan fingerprint density at radius 1 is 1.24 bits per heavy atom. The Balaban J connectivity index is 1.81. The van der Waals surface area contributed by atoms with E-state index in [9.17, 15) is 9.59 Å². The van der Waals surface area contributed by atoms with E-state index in [-0.39, 0.29) is 17.9 Å². The number of hydrogen-bond donors (Lipinski definition) is 1. The number of nitrogens with zero attached hydrogens (tertiary/aromatic N) is 1. The summed E-state index contributed by atoms with van der Waals surface area (Å²) in [4.78, 5) is 27.5. The number of hydrogen-bond acceptors (Lipinski definition) is 3. The average Bonchev–Trinajstić information content (AvgIpc) is 2.99. The molecule has 1 saturated carbocycles. The second-order valence-electron chi connectivity index (χ2n) is 6.65. The molecule has 21 heavy (non-hydrogen) atoms. The van der Waals surface area contributed by atoms with Crippen molar-refractivity contribution >= 4 is 23.6 Å². The average molecular weight is 310 g/mol. The van der Waals surface area contributed by atoms with Crippen LogP contribution in [0.5, 0.6) is 0 Å². The maximum Gasteiger partial charge on any atom is 0.249 e. The third-order valence-electron chi connectivity index (χ3n) is 5.23. The van der Waals surface area contributed by atoms with E-state index >= 15 is 0 Å². The van der Waals surface area contributed by atoms with Crippen molar-refractivity contribution in [3.05, 3.63) is 0 Å². The van der Waals surface area contributed by atoms with E-state index in [1.165, 1.54) is 25.0 Å². The molecule has 0 radical (unpaired) electrons. The SMILES string of the molecule is CCC1C(=O)NC2(CCCCC2)C(=O)N1CC1CCCS1. The summed E-state index contributed by atoms with van der Waals surface area (Å²) in [5, 5.41) is 3.62. The summed E-state index contributed by atoms with van der Waals surface area (Å²) in [5.74, 6) is 1.46. The first-order valence-electron chi connectivity index (χ1n) is 8.41. The van der Waals surface area contributed by atoms with Gasteiger partial charge in [-0.05, 0) is 37.9 Å². The fourth-order valence-corrected chi connectivity index (χ4v) is 5.31. The van der Waals surface area contributed by atoms with Crippen LogP contribution in [-0.2, 0) is 9.59 Å². The molecule has 0 aromatic heterocycles. The summed E-state index contributed by atoms with van der Waals surface area (Å²) < 4.78 is 0. The van der Waals surface area contributed by atoms with Gasteiger partial charge in [-0.15, -0.1) is 0 Å². The smallest absolute Gasteiger partial charge is 0.249 e. The van der Waals surface area contributed by atoms with Crippen molar-refractivity contribution in [3.63, 3.8) is 0 Å². The lowest BCUT2D eigenvalue weighted by molar-refractivity contribution is -0.156. The zero-order valence-electron chi connectivity index (χ0n) is 12.9. The number of piperazine rings is 1. The second kappa shape index (κ2) is 6.19. The molecule has 2 aliphatic heterocycles. The van der Waals surface area contributed by atoms with Crippen LogP contribution in [0.2, 0.25) is 0 Å². The fourth-order valence-electron chi connectivity index (χ4n) is 4.05. The van der Waals surface area contributed by atoms with Crippen LogP contribution in [0.4, 0.5) is 0 Å². The van der Waals surface area contributed by atoms with Crippen LogP contribution in [0.15, 0.2) is 0 Å². The number of carbonyl (C=O) groups is 2. The number of amides is 2. The van der Waals surface area contributed by atoms with Crippen molar-refractivity contribution in [1.82, 2.24) is 10.2 Å². The lowest BCUT2D eigenvalue weighted by atomic mass is 9.78. The van der Waals surface area contributed by atoms with Crippen LogP contribution < -0.4 is 5.32 Å². The molecule has 1 spiro atoms. The van der Waals surface area contributed by atoms with Gasteiger partial charge in [0.05, 0.1) is 0 Å². The summed E-state index contributed by atoms with van der Waals surface area (Å²) in [6.07, 6.45) is 8.06. The van der Waals surface area contributed by atoms with Crippen LogP contribution in [0, 0.1) is 0 Å². The Kier molecular flexibility index (Phi) is 4.48.